The zero-order valence-corrected chi connectivity index (χ0v) is 14.2. The molecule has 1 N–H and O–H groups in total. The third kappa shape index (κ3) is 3.08. The fraction of sp³-hybridized carbons (Fsp3) is 0.600. The molecular formula is C20H28O2. The maximum atomic E-state index is 10.6. The summed E-state index contributed by atoms with van der Waals surface area (Å²) in [5.41, 5.74) is 3.06. The molecule has 22 heavy (non-hydrogen) atoms. The van der Waals surface area contributed by atoms with Gasteiger partial charge in [-0.15, -0.1) is 0 Å². The molecule has 2 aliphatic carbocycles. The monoisotopic (exact) mass is 300 g/mol. The maximum Gasteiger partial charge on any atom is 0.124 e. The average molecular weight is 300 g/mol. The van der Waals surface area contributed by atoms with Gasteiger partial charge in [0.1, 0.15) is 5.75 Å². The lowest BCUT2D eigenvalue weighted by atomic mass is 9.84. The number of allylic oxidation sites excluding steroid dienone is 2. The molecule has 1 saturated carbocycles. The van der Waals surface area contributed by atoms with E-state index in [4.69, 9.17) is 4.74 Å². The van der Waals surface area contributed by atoms with Crippen LogP contribution in [0.3, 0.4) is 0 Å². The van der Waals surface area contributed by atoms with Gasteiger partial charge in [-0.3, -0.25) is 0 Å². The highest BCUT2D eigenvalue weighted by atomic mass is 16.5. The van der Waals surface area contributed by atoms with Gasteiger partial charge in [0.05, 0.1) is 13.2 Å². The van der Waals surface area contributed by atoms with Crippen molar-refractivity contribution in [1.29, 1.82) is 0 Å². The first kappa shape index (κ1) is 15.6. The van der Waals surface area contributed by atoms with Crippen molar-refractivity contribution in [2.75, 3.05) is 6.61 Å². The lowest BCUT2D eigenvalue weighted by Gasteiger charge is -2.23. The van der Waals surface area contributed by atoms with Crippen molar-refractivity contribution in [1.82, 2.24) is 0 Å². The van der Waals surface area contributed by atoms with Gasteiger partial charge in [-0.2, -0.15) is 0 Å². The molecule has 0 radical (unpaired) electrons. The van der Waals surface area contributed by atoms with Crippen LogP contribution in [-0.2, 0) is 16.8 Å². The highest BCUT2D eigenvalue weighted by Gasteiger charge is 2.35. The number of fused-ring (bicyclic) bond motifs is 2. The molecule has 120 valence electrons. The number of hydrogen-bond donors (Lipinski definition) is 1. The van der Waals surface area contributed by atoms with Crippen LogP contribution in [0.2, 0.25) is 0 Å². The van der Waals surface area contributed by atoms with Gasteiger partial charge >= 0.3 is 0 Å². The minimum absolute atomic E-state index is 0.0553. The van der Waals surface area contributed by atoms with E-state index in [-0.39, 0.29) is 5.41 Å². The van der Waals surface area contributed by atoms with E-state index in [1.165, 1.54) is 18.4 Å². The maximum absolute atomic E-state index is 10.6. The van der Waals surface area contributed by atoms with Crippen molar-refractivity contribution >= 4 is 0 Å². The number of benzene rings is 1. The average Bonchev–Trinajstić information content (AvgIpc) is 3.03. The second-order valence-corrected chi connectivity index (χ2v) is 8.13. The van der Waals surface area contributed by atoms with Gasteiger partial charge in [0.2, 0.25) is 0 Å². The Kier molecular flexibility index (Phi) is 4.07. The van der Waals surface area contributed by atoms with E-state index in [1.807, 2.05) is 6.07 Å². The summed E-state index contributed by atoms with van der Waals surface area (Å²) in [4.78, 5) is 0. The normalized spacial score (nSPS) is 26.8. The second kappa shape index (κ2) is 5.73. The fourth-order valence-electron chi connectivity index (χ4n) is 3.94. The molecule has 2 aliphatic rings. The third-order valence-corrected chi connectivity index (χ3v) is 5.15. The van der Waals surface area contributed by atoms with E-state index in [0.717, 1.165) is 29.6 Å². The Balaban J connectivity index is 1.65. The second-order valence-electron chi connectivity index (χ2n) is 8.13. The summed E-state index contributed by atoms with van der Waals surface area (Å²) in [7, 11) is 0. The van der Waals surface area contributed by atoms with E-state index in [0.29, 0.717) is 18.3 Å². The minimum Gasteiger partial charge on any atom is -0.507 e. The number of phenols is 1. The van der Waals surface area contributed by atoms with Gasteiger partial charge in [-0.05, 0) is 48.5 Å². The number of phenolic OH excluding ortho intramolecular Hbond substituents is 1. The van der Waals surface area contributed by atoms with Crippen molar-refractivity contribution in [2.45, 2.75) is 52.6 Å². The van der Waals surface area contributed by atoms with Crippen molar-refractivity contribution < 1.29 is 9.84 Å². The molecule has 1 aromatic rings. The van der Waals surface area contributed by atoms with Gasteiger partial charge in [0.15, 0.2) is 0 Å². The molecule has 3 atom stereocenters. The van der Waals surface area contributed by atoms with E-state index < -0.39 is 0 Å². The summed E-state index contributed by atoms with van der Waals surface area (Å²) in [5, 5.41) is 10.6. The molecule has 0 heterocycles. The Morgan fingerprint density at radius 1 is 1.18 bits per heavy atom. The highest BCUT2D eigenvalue weighted by Crippen LogP contribution is 2.43. The van der Waals surface area contributed by atoms with Crippen LogP contribution in [0.1, 0.15) is 50.3 Å². The third-order valence-electron chi connectivity index (χ3n) is 5.15. The molecule has 0 aromatic heterocycles. The molecule has 0 spiro atoms. The van der Waals surface area contributed by atoms with Crippen LogP contribution in [0.4, 0.5) is 0 Å². The Labute approximate surface area is 134 Å². The Morgan fingerprint density at radius 3 is 2.55 bits per heavy atom. The SMILES string of the molecule is Cc1cc(COCC2CC3C=CC2C3)c(O)c(C(C)(C)C)c1. The summed E-state index contributed by atoms with van der Waals surface area (Å²) in [6.07, 6.45) is 7.32. The van der Waals surface area contributed by atoms with E-state index in [1.54, 1.807) is 0 Å². The predicted molar refractivity (Wildman–Crippen MR) is 90.0 cm³/mol. The number of rotatable bonds is 4. The Hall–Kier alpha value is -1.28. The highest BCUT2D eigenvalue weighted by molar-refractivity contribution is 5.46. The van der Waals surface area contributed by atoms with Crippen LogP contribution >= 0.6 is 0 Å². The molecular weight excluding hydrogens is 272 g/mol. The quantitative estimate of drug-likeness (QED) is 0.815. The van der Waals surface area contributed by atoms with Crippen LogP contribution in [-0.4, -0.2) is 11.7 Å². The summed E-state index contributed by atoms with van der Waals surface area (Å²) in [5.74, 6) is 2.59. The van der Waals surface area contributed by atoms with Gasteiger partial charge in [0.25, 0.3) is 0 Å². The van der Waals surface area contributed by atoms with Crippen molar-refractivity contribution in [2.24, 2.45) is 17.8 Å². The first-order valence-corrected chi connectivity index (χ1v) is 8.43. The molecule has 0 saturated heterocycles. The van der Waals surface area contributed by atoms with Gasteiger partial charge in [0, 0.05) is 5.56 Å². The van der Waals surface area contributed by atoms with E-state index in [2.05, 4.69) is 45.9 Å². The molecule has 2 heteroatoms. The smallest absolute Gasteiger partial charge is 0.124 e. The van der Waals surface area contributed by atoms with E-state index >= 15 is 0 Å². The van der Waals surface area contributed by atoms with Gasteiger partial charge in [-0.25, -0.2) is 0 Å². The van der Waals surface area contributed by atoms with Crippen LogP contribution in [0.15, 0.2) is 24.3 Å². The number of aryl methyl sites for hydroxylation is 1. The summed E-state index contributed by atoms with van der Waals surface area (Å²) in [6.45, 7) is 9.80. The predicted octanol–water partition coefficient (Wildman–Crippen LogP) is 4.73. The zero-order valence-electron chi connectivity index (χ0n) is 14.2. The molecule has 2 nitrogen and oxygen atoms in total. The number of aromatic hydroxyl groups is 1. The van der Waals surface area contributed by atoms with Gasteiger partial charge < -0.3 is 9.84 Å². The molecule has 3 rings (SSSR count). The summed E-state index contributed by atoms with van der Waals surface area (Å²) in [6, 6.07) is 4.13. The Bertz CT molecular complexity index is 580. The molecule has 3 unspecified atom stereocenters. The van der Waals surface area contributed by atoms with Crippen molar-refractivity contribution in [3.8, 4) is 5.75 Å². The van der Waals surface area contributed by atoms with Crippen LogP contribution in [0.5, 0.6) is 5.75 Å². The first-order chi connectivity index (χ1) is 10.3. The van der Waals surface area contributed by atoms with Crippen LogP contribution in [0.25, 0.3) is 0 Å². The summed E-state index contributed by atoms with van der Waals surface area (Å²) < 4.78 is 5.97. The molecule has 1 fully saturated rings. The number of hydrogen-bond acceptors (Lipinski definition) is 2. The van der Waals surface area contributed by atoms with Crippen molar-refractivity contribution in [3.63, 3.8) is 0 Å². The Morgan fingerprint density at radius 2 is 1.95 bits per heavy atom. The molecule has 0 aliphatic heterocycles. The minimum atomic E-state index is -0.0553. The lowest BCUT2D eigenvalue weighted by Crippen LogP contribution is -2.15. The zero-order chi connectivity index (χ0) is 15.9. The van der Waals surface area contributed by atoms with Crippen LogP contribution in [0, 0.1) is 24.7 Å². The molecule has 0 amide bonds. The fourth-order valence-corrected chi connectivity index (χ4v) is 3.94. The number of ether oxygens (including phenoxy) is 1. The van der Waals surface area contributed by atoms with E-state index in [9.17, 15) is 5.11 Å². The lowest BCUT2D eigenvalue weighted by molar-refractivity contribution is 0.0775. The largest absolute Gasteiger partial charge is 0.507 e. The standard InChI is InChI=1S/C20H28O2/c1-13-7-17(19(21)18(8-13)20(2,3)4)12-22-11-16-10-14-5-6-15(16)9-14/h5-8,14-16,21H,9-12H2,1-4H3. The first-order valence-electron chi connectivity index (χ1n) is 8.43. The van der Waals surface area contributed by atoms with Crippen molar-refractivity contribution in [3.05, 3.63) is 41.0 Å². The summed E-state index contributed by atoms with van der Waals surface area (Å²) >= 11 is 0. The molecule has 1 aromatic carbocycles. The van der Waals surface area contributed by atoms with Gasteiger partial charge in [-0.1, -0.05) is 50.6 Å². The topological polar surface area (TPSA) is 29.5 Å². The molecule has 2 bridgehead atoms. The van der Waals surface area contributed by atoms with Crippen LogP contribution < -0.4 is 0 Å².